The van der Waals surface area contributed by atoms with Gasteiger partial charge in [0.05, 0.1) is 5.02 Å². The Hall–Kier alpha value is -1.55. The van der Waals surface area contributed by atoms with Crippen LogP contribution in [0.5, 0.6) is 0 Å². The summed E-state index contributed by atoms with van der Waals surface area (Å²) in [6.07, 6.45) is 8.97. The number of nitrogens with one attached hydrogen (secondary N) is 1. The van der Waals surface area contributed by atoms with E-state index >= 15 is 0 Å². The summed E-state index contributed by atoms with van der Waals surface area (Å²) in [6.45, 7) is 0.885. The minimum atomic E-state index is 0.662. The van der Waals surface area contributed by atoms with E-state index in [1.165, 1.54) is 19.3 Å². The summed E-state index contributed by atoms with van der Waals surface area (Å²) in [5.74, 6) is 0.663. The lowest BCUT2D eigenvalue weighted by atomic mass is 10.2. The van der Waals surface area contributed by atoms with Gasteiger partial charge in [0.15, 0.2) is 5.65 Å². The molecule has 0 bridgehead atoms. The van der Waals surface area contributed by atoms with Gasteiger partial charge in [-0.15, -0.1) is 5.10 Å². The highest BCUT2D eigenvalue weighted by molar-refractivity contribution is 6.30. The monoisotopic (exact) mass is 262 g/mol. The third-order valence-electron chi connectivity index (χ3n) is 3.16. The van der Waals surface area contributed by atoms with E-state index in [0.29, 0.717) is 11.0 Å². The summed E-state index contributed by atoms with van der Waals surface area (Å²) in [6, 6.07) is 3.68. The van der Waals surface area contributed by atoms with Crippen LogP contribution in [-0.2, 0) is 0 Å². The molecule has 0 spiro atoms. The Balaban J connectivity index is 1.63. The Kier molecular flexibility index (Phi) is 3.19. The fourth-order valence-corrected chi connectivity index (χ4v) is 2.39. The van der Waals surface area contributed by atoms with Gasteiger partial charge in [0.2, 0.25) is 5.95 Å². The lowest BCUT2D eigenvalue weighted by Gasteiger charge is -2.02. The van der Waals surface area contributed by atoms with Crippen LogP contribution in [0.15, 0.2) is 30.0 Å². The highest BCUT2D eigenvalue weighted by Gasteiger charge is 2.06. The number of hydrogen-bond donors (Lipinski definition) is 1. The van der Waals surface area contributed by atoms with Crippen LogP contribution in [0.1, 0.15) is 25.7 Å². The molecule has 2 aromatic heterocycles. The molecule has 5 heteroatoms. The van der Waals surface area contributed by atoms with Crippen LogP contribution in [0, 0.1) is 0 Å². The highest BCUT2D eigenvalue weighted by atomic mass is 35.5. The fourth-order valence-electron chi connectivity index (χ4n) is 2.23. The summed E-state index contributed by atoms with van der Waals surface area (Å²) in [4.78, 5) is 4.38. The first kappa shape index (κ1) is 11.5. The second-order valence-corrected chi connectivity index (χ2v) is 4.95. The maximum Gasteiger partial charge on any atom is 0.243 e. The molecule has 0 unspecified atom stereocenters. The second kappa shape index (κ2) is 4.98. The first-order valence-corrected chi connectivity index (χ1v) is 6.63. The molecule has 4 nitrogen and oxygen atoms in total. The predicted octanol–water partition coefficient (Wildman–Crippen LogP) is 3.30. The van der Waals surface area contributed by atoms with Crippen molar-refractivity contribution in [2.24, 2.45) is 0 Å². The van der Waals surface area contributed by atoms with Crippen LogP contribution < -0.4 is 5.32 Å². The zero-order valence-electron chi connectivity index (χ0n) is 10.1. The van der Waals surface area contributed by atoms with Gasteiger partial charge in [0.1, 0.15) is 0 Å². The summed E-state index contributed by atoms with van der Waals surface area (Å²) in [5.41, 5.74) is 2.36. The molecule has 0 amide bonds. The summed E-state index contributed by atoms with van der Waals surface area (Å²) in [5, 5.41) is 8.24. The lowest BCUT2D eigenvalue weighted by molar-refractivity contribution is 0.858. The van der Waals surface area contributed by atoms with Gasteiger partial charge in [0, 0.05) is 12.7 Å². The Labute approximate surface area is 111 Å². The number of fused-ring (bicyclic) bond motifs is 1. The number of nitrogens with zero attached hydrogens (tertiary/aromatic N) is 3. The van der Waals surface area contributed by atoms with E-state index in [1.54, 1.807) is 16.3 Å². The molecule has 2 heterocycles. The average Bonchev–Trinajstić information content (AvgIpc) is 2.97. The molecular weight excluding hydrogens is 248 g/mol. The van der Waals surface area contributed by atoms with E-state index in [-0.39, 0.29) is 0 Å². The first-order chi connectivity index (χ1) is 8.81. The van der Waals surface area contributed by atoms with E-state index in [0.717, 1.165) is 18.6 Å². The number of rotatable bonds is 4. The molecule has 1 aliphatic rings. The molecule has 0 atom stereocenters. The van der Waals surface area contributed by atoms with Crippen LogP contribution in [0.2, 0.25) is 5.02 Å². The number of anilines is 1. The molecule has 0 radical (unpaired) electrons. The van der Waals surface area contributed by atoms with E-state index in [9.17, 15) is 0 Å². The molecule has 18 heavy (non-hydrogen) atoms. The van der Waals surface area contributed by atoms with Crippen molar-refractivity contribution in [2.45, 2.75) is 25.7 Å². The SMILES string of the molecule is Clc1ccc2nc(NCCC3=CCCC3)nn2c1. The van der Waals surface area contributed by atoms with Crippen LogP contribution >= 0.6 is 11.6 Å². The minimum absolute atomic E-state index is 0.662. The van der Waals surface area contributed by atoms with Crippen molar-refractivity contribution in [1.82, 2.24) is 14.6 Å². The molecule has 1 N–H and O–H groups in total. The van der Waals surface area contributed by atoms with Crippen molar-refractivity contribution in [1.29, 1.82) is 0 Å². The maximum atomic E-state index is 5.90. The highest BCUT2D eigenvalue weighted by Crippen LogP contribution is 2.20. The van der Waals surface area contributed by atoms with Crippen LogP contribution in [0.3, 0.4) is 0 Å². The summed E-state index contributed by atoms with van der Waals surface area (Å²) in [7, 11) is 0. The Bertz CT molecular complexity index is 588. The Morgan fingerprint density at radius 2 is 2.33 bits per heavy atom. The number of aromatic nitrogens is 3. The summed E-state index contributed by atoms with van der Waals surface area (Å²) < 4.78 is 1.69. The molecule has 1 aliphatic carbocycles. The van der Waals surface area contributed by atoms with Gasteiger partial charge in [-0.1, -0.05) is 23.3 Å². The normalized spacial score (nSPS) is 15.1. The van der Waals surface area contributed by atoms with Crippen LogP contribution in [0.4, 0.5) is 5.95 Å². The summed E-state index contributed by atoms with van der Waals surface area (Å²) >= 11 is 5.90. The van der Waals surface area contributed by atoms with Crippen molar-refractivity contribution < 1.29 is 0 Å². The molecule has 3 rings (SSSR count). The molecule has 0 aromatic carbocycles. The van der Waals surface area contributed by atoms with Gasteiger partial charge in [-0.25, -0.2) is 4.52 Å². The molecule has 94 valence electrons. The second-order valence-electron chi connectivity index (χ2n) is 4.52. The standard InChI is InChI=1S/C13H15ClN4/c14-11-5-6-12-16-13(17-18(12)9-11)15-8-7-10-3-1-2-4-10/h3,5-6,9H,1-2,4,7-8H2,(H,15,17). The number of allylic oxidation sites excluding steroid dienone is 1. The van der Waals surface area contributed by atoms with Gasteiger partial charge < -0.3 is 5.32 Å². The van der Waals surface area contributed by atoms with Crippen molar-refractivity contribution in [3.8, 4) is 0 Å². The fraction of sp³-hybridized carbons (Fsp3) is 0.385. The number of pyridine rings is 1. The Morgan fingerprint density at radius 3 is 3.17 bits per heavy atom. The predicted molar refractivity (Wildman–Crippen MR) is 73.0 cm³/mol. The number of halogens is 1. The molecule has 0 saturated carbocycles. The van der Waals surface area contributed by atoms with Crippen molar-refractivity contribution in [3.63, 3.8) is 0 Å². The zero-order valence-corrected chi connectivity index (χ0v) is 10.8. The maximum absolute atomic E-state index is 5.90. The minimum Gasteiger partial charge on any atom is -0.353 e. The van der Waals surface area contributed by atoms with Gasteiger partial charge in [-0.05, 0) is 37.8 Å². The number of hydrogen-bond acceptors (Lipinski definition) is 3. The first-order valence-electron chi connectivity index (χ1n) is 6.25. The Morgan fingerprint density at radius 1 is 1.39 bits per heavy atom. The quantitative estimate of drug-likeness (QED) is 0.860. The average molecular weight is 263 g/mol. The van der Waals surface area contributed by atoms with E-state index < -0.39 is 0 Å². The molecular formula is C13H15ClN4. The van der Waals surface area contributed by atoms with E-state index in [4.69, 9.17) is 11.6 Å². The van der Waals surface area contributed by atoms with Gasteiger partial charge in [-0.3, -0.25) is 0 Å². The third kappa shape index (κ3) is 2.48. The molecule has 2 aromatic rings. The van der Waals surface area contributed by atoms with Gasteiger partial charge in [0.25, 0.3) is 0 Å². The molecule has 0 saturated heterocycles. The van der Waals surface area contributed by atoms with E-state index in [2.05, 4.69) is 21.5 Å². The smallest absolute Gasteiger partial charge is 0.243 e. The van der Waals surface area contributed by atoms with Gasteiger partial charge in [-0.2, -0.15) is 4.98 Å². The molecule has 0 aliphatic heterocycles. The largest absolute Gasteiger partial charge is 0.353 e. The zero-order chi connectivity index (χ0) is 12.4. The van der Waals surface area contributed by atoms with E-state index in [1.807, 2.05) is 12.1 Å². The van der Waals surface area contributed by atoms with Gasteiger partial charge >= 0.3 is 0 Å². The van der Waals surface area contributed by atoms with Crippen molar-refractivity contribution >= 4 is 23.2 Å². The van der Waals surface area contributed by atoms with Crippen molar-refractivity contribution in [2.75, 3.05) is 11.9 Å². The van der Waals surface area contributed by atoms with Crippen molar-refractivity contribution in [3.05, 3.63) is 35.0 Å². The topological polar surface area (TPSA) is 42.2 Å². The lowest BCUT2D eigenvalue weighted by Crippen LogP contribution is -2.03. The molecule has 0 fully saturated rings. The third-order valence-corrected chi connectivity index (χ3v) is 3.38. The van der Waals surface area contributed by atoms with Crippen LogP contribution in [0.25, 0.3) is 5.65 Å². The van der Waals surface area contributed by atoms with Crippen LogP contribution in [-0.4, -0.2) is 21.1 Å².